The van der Waals surface area contributed by atoms with Crippen molar-refractivity contribution in [2.24, 2.45) is 5.92 Å². The van der Waals surface area contributed by atoms with Crippen molar-refractivity contribution in [1.82, 2.24) is 15.1 Å². The molecule has 2 aromatic rings. The molecule has 0 bridgehead atoms. The highest BCUT2D eigenvalue weighted by atomic mass is 16.2. The monoisotopic (exact) mass is 397 g/mol. The van der Waals surface area contributed by atoms with Crippen molar-refractivity contribution in [3.63, 3.8) is 0 Å². The first-order valence-corrected chi connectivity index (χ1v) is 10.5. The maximum Gasteiger partial charge on any atom is 0.224 e. The number of piperidine rings is 1. The Kier molecular flexibility index (Phi) is 6.90. The van der Waals surface area contributed by atoms with Crippen LogP contribution in [0.15, 0.2) is 30.3 Å². The second-order valence-electron chi connectivity index (χ2n) is 7.49. The second kappa shape index (κ2) is 9.58. The number of aromatic nitrogens is 2. The molecule has 1 aliphatic heterocycles. The molecule has 156 valence electrons. The van der Waals surface area contributed by atoms with Gasteiger partial charge in [0, 0.05) is 32.0 Å². The molecule has 7 nitrogen and oxygen atoms in total. The predicted molar refractivity (Wildman–Crippen MR) is 115 cm³/mol. The molecule has 0 unspecified atom stereocenters. The van der Waals surface area contributed by atoms with E-state index in [9.17, 15) is 9.59 Å². The van der Waals surface area contributed by atoms with E-state index in [1.165, 1.54) is 0 Å². The molecular formula is C22H31N5O2. The number of hydrogen-bond acceptors (Lipinski definition) is 4. The van der Waals surface area contributed by atoms with Crippen LogP contribution in [0.4, 0.5) is 11.5 Å². The zero-order valence-corrected chi connectivity index (χ0v) is 17.6. The molecule has 2 N–H and O–H groups in total. The van der Waals surface area contributed by atoms with Crippen LogP contribution in [-0.2, 0) is 9.59 Å². The average Bonchev–Trinajstić information content (AvgIpc) is 3.08. The van der Waals surface area contributed by atoms with E-state index >= 15 is 0 Å². The van der Waals surface area contributed by atoms with Crippen molar-refractivity contribution in [1.29, 1.82) is 0 Å². The Bertz CT molecular complexity index is 838. The molecule has 0 saturated carbocycles. The third-order valence-corrected chi connectivity index (χ3v) is 5.34. The van der Waals surface area contributed by atoms with Gasteiger partial charge in [0.15, 0.2) is 5.82 Å². The number of aryl methyl sites for hydroxylation is 1. The van der Waals surface area contributed by atoms with Gasteiger partial charge in [0.25, 0.3) is 0 Å². The summed E-state index contributed by atoms with van der Waals surface area (Å²) in [7, 11) is 0. The smallest absolute Gasteiger partial charge is 0.224 e. The fourth-order valence-corrected chi connectivity index (χ4v) is 3.68. The Morgan fingerprint density at radius 2 is 1.83 bits per heavy atom. The van der Waals surface area contributed by atoms with Crippen molar-refractivity contribution >= 4 is 23.3 Å². The molecule has 3 rings (SSSR count). The van der Waals surface area contributed by atoms with Crippen molar-refractivity contribution < 1.29 is 9.59 Å². The first-order valence-electron chi connectivity index (χ1n) is 10.5. The third kappa shape index (κ3) is 4.78. The van der Waals surface area contributed by atoms with Crippen LogP contribution in [0.25, 0.3) is 5.69 Å². The van der Waals surface area contributed by atoms with Crippen molar-refractivity contribution in [3.8, 4) is 5.69 Å². The lowest BCUT2D eigenvalue weighted by atomic mass is 9.95. The maximum atomic E-state index is 12.3. The lowest BCUT2D eigenvalue weighted by Crippen LogP contribution is -2.41. The van der Waals surface area contributed by atoms with Crippen LogP contribution in [0.5, 0.6) is 0 Å². The van der Waals surface area contributed by atoms with Gasteiger partial charge in [-0.1, -0.05) is 32.0 Å². The van der Waals surface area contributed by atoms with Gasteiger partial charge in [0.05, 0.1) is 11.4 Å². The zero-order valence-electron chi connectivity index (χ0n) is 17.6. The van der Waals surface area contributed by atoms with Crippen LogP contribution < -0.4 is 15.5 Å². The van der Waals surface area contributed by atoms with Crippen LogP contribution in [0.2, 0.25) is 0 Å². The highest BCUT2D eigenvalue weighted by molar-refractivity contribution is 5.94. The normalized spacial score (nSPS) is 14.7. The number of anilines is 2. The van der Waals surface area contributed by atoms with Gasteiger partial charge in [-0.05, 0) is 38.3 Å². The van der Waals surface area contributed by atoms with Gasteiger partial charge in [0.2, 0.25) is 11.8 Å². The molecule has 1 aromatic carbocycles. The van der Waals surface area contributed by atoms with Gasteiger partial charge in [-0.15, -0.1) is 0 Å². The number of amides is 2. The fraction of sp³-hybridized carbons (Fsp3) is 0.500. The van der Waals surface area contributed by atoms with E-state index in [-0.39, 0.29) is 17.7 Å². The highest BCUT2D eigenvalue weighted by Gasteiger charge is 2.29. The van der Waals surface area contributed by atoms with E-state index in [1.54, 1.807) is 0 Å². The zero-order chi connectivity index (χ0) is 20.8. The van der Waals surface area contributed by atoms with E-state index in [1.807, 2.05) is 48.9 Å². The Morgan fingerprint density at radius 3 is 2.45 bits per heavy atom. The standard InChI is InChI=1S/C22H31N5O2/c1-4-13-23-21(29)17-11-14-26(15-12-17)22-20(24-19(28)5-2)16(3)25-27(22)18-9-7-6-8-10-18/h6-10,17H,4-5,11-15H2,1-3H3,(H,23,29)(H,24,28). The quantitative estimate of drug-likeness (QED) is 0.752. The molecular weight excluding hydrogens is 366 g/mol. The van der Waals surface area contributed by atoms with Gasteiger partial charge in [-0.3, -0.25) is 9.59 Å². The highest BCUT2D eigenvalue weighted by Crippen LogP contribution is 2.35. The Morgan fingerprint density at radius 1 is 1.14 bits per heavy atom. The number of carbonyl (C=O) groups excluding carboxylic acids is 2. The fourth-order valence-electron chi connectivity index (χ4n) is 3.68. The Balaban J connectivity index is 1.87. The first kappa shape index (κ1) is 20.9. The number of benzene rings is 1. The van der Waals surface area contributed by atoms with Gasteiger partial charge in [-0.25, -0.2) is 4.68 Å². The minimum absolute atomic E-state index is 0.0317. The average molecular weight is 398 g/mol. The molecule has 2 amide bonds. The van der Waals surface area contributed by atoms with Gasteiger partial charge in [0.1, 0.15) is 5.69 Å². The SMILES string of the molecule is CCCNC(=O)C1CCN(c2c(NC(=O)CC)c(C)nn2-c2ccccc2)CC1. The molecule has 0 spiro atoms. The lowest BCUT2D eigenvalue weighted by Gasteiger charge is -2.33. The summed E-state index contributed by atoms with van der Waals surface area (Å²) in [5, 5.41) is 10.8. The third-order valence-electron chi connectivity index (χ3n) is 5.34. The van der Waals surface area contributed by atoms with E-state index in [0.29, 0.717) is 6.42 Å². The number of carbonyl (C=O) groups is 2. The van der Waals surface area contributed by atoms with Crippen molar-refractivity contribution in [3.05, 3.63) is 36.0 Å². The predicted octanol–water partition coefficient (Wildman–Crippen LogP) is 3.27. The summed E-state index contributed by atoms with van der Waals surface area (Å²) in [6.45, 7) is 8.04. The maximum absolute atomic E-state index is 12.3. The summed E-state index contributed by atoms with van der Waals surface area (Å²) in [5.41, 5.74) is 2.49. The van der Waals surface area contributed by atoms with E-state index in [2.05, 4.69) is 22.5 Å². The Labute approximate surface area is 172 Å². The van der Waals surface area contributed by atoms with Crippen LogP contribution in [0.3, 0.4) is 0 Å². The minimum atomic E-state index is -0.0317. The first-order chi connectivity index (χ1) is 14.0. The summed E-state index contributed by atoms with van der Waals surface area (Å²) in [5.74, 6) is 1.05. The summed E-state index contributed by atoms with van der Waals surface area (Å²) in [4.78, 5) is 26.7. The van der Waals surface area contributed by atoms with Crippen molar-refractivity contribution in [2.45, 2.75) is 46.5 Å². The summed E-state index contributed by atoms with van der Waals surface area (Å²) in [6.07, 6.45) is 2.93. The number of hydrogen-bond donors (Lipinski definition) is 2. The van der Waals surface area contributed by atoms with Crippen molar-refractivity contribution in [2.75, 3.05) is 29.9 Å². The largest absolute Gasteiger partial charge is 0.356 e. The molecule has 1 saturated heterocycles. The number of nitrogens with zero attached hydrogens (tertiary/aromatic N) is 3. The lowest BCUT2D eigenvalue weighted by molar-refractivity contribution is -0.125. The number of rotatable bonds is 7. The van der Waals surface area contributed by atoms with E-state index < -0.39 is 0 Å². The molecule has 1 aromatic heterocycles. The Hall–Kier alpha value is -2.83. The van der Waals surface area contributed by atoms with Crippen LogP contribution in [0.1, 0.15) is 45.2 Å². The van der Waals surface area contributed by atoms with E-state index in [0.717, 1.165) is 61.8 Å². The molecule has 0 atom stereocenters. The summed E-state index contributed by atoms with van der Waals surface area (Å²) < 4.78 is 1.90. The molecule has 1 fully saturated rings. The molecule has 29 heavy (non-hydrogen) atoms. The van der Waals surface area contributed by atoms with Crippen LogP contribution >= 0.6 is 0 Å². The summed E-state index contributed by atoms with van der Waals surface area (Å²) >= 11 is 0. The minimum Gasteiger partial charge on any atom is -0.356 e. The molecule has 0 aliphatic carbocycles. The topological polar surface area (TPSA) is 79.3 Å². The molecule has 7 heteroatoms. The second-order valence-corrected chi connectivity index (χ2v) is 7.49. The molecule has 0 radical (unpaired) electrons. The van der Waals surface area contributed by atoms with Gasteiger partial charge < -0.3 is 15.5 Å². The number of para-hydroxylation sites is 1. The van der Waals surface area contributed by atoms with Gasteiger partial charge >= 0.3 is 0 Å². The number of nitrogens with one attached hydrogen (secondary N) is 2. The van der Waals surface area contributed by atoms with Gasteiger partial charge in [-0.2, -0.15) is 5.10 Å². The summed E-state index contributed by atoms with van der Waals surface area (Å²) in [6, 6.07) is 9.94. The molecule has 2 heterocycles. The van der Waals surface area contributed by atoms with Crippen LogP contribution in [-0.4, -0.2) is 41.2 Å². The molecule has 1 aliphatic rings. The van der Waals surface area contributed by atoms with Crippen LogP contribution in [0, 0.1) is 12.8 Å². The van der Waals surface area contributed by atoms with E-state index in [4.69, 9.17) is 5.10 Å².